The molecule has 4 rings (SSSR count). The molecule has 0 aliphatic carbocycles. The van der Waals surface area contributed by atoms with Gasteiger partial charge in [-0.2, -0.15) is 0 Å². The number of rotatable bonds is 4. The molecule has 1 amide bonds. The van der Waals surface area contributed by atoms with Crippen LogP contribution < -0.4 is 10.7 Å². The number of carbonyl (C=O) groups is 2. The van der Waals surface area contributed by atoms with E-state index in [-0.39, 0.29) is 16.8 Å². The lowest BCUT2D eigenvalue weighted by Gasteiger charge is -2.11. The summed E-state index contributed by atoms with van der Waals surface area (Å²) < 4.78 is 0. The van der Waals surface area contributed by atoms with Crippen LogP contribution in [-0.4, -0.2) is 16.7 Å². The fourth-order valence-corrected chi connectivity index (χ4v) is 3.06. The summed E-state index contributed by atoms with van der Waals surface area (Å²) in [6.07, 6.45) is 1.39. The first kappa shape index (κ1) is 17.4. The molecule has 0 saturated carbocycles. The van der Waals surface area contributed by atoms with Crippen molar-refractivity contribution in [1.29, 1.82) is 0 Å². The first-order valence-corrected chi connectivity index (χ1v) is 8.76. The molecule has 0 atom stereocenters. The van der Waals surface area contributed by atoms with Gasteiger partial charge in [-0.15, -0.1) is 0 Å². The molecule has 0 radical (unpaired) electrons. The van der Waals surface area contributed by atoms with Crippen molar-refractivity contribution < 1.29 is 9.59 Å². The van der Waals surface area contributed by atoms with Crippen LogP contribution in [0.5, 0.6) is 0 Å². The fourth-order valence-electron chi connectivity index (χ4n) is 3.06. The molecule has 28 heavy (non-hydrogen) atoms. The van der Waals surface area contributed by atoms with Crippen LogP contribution in [0.25, 0.3) is 10.9 Å². The Labute approximate surface area is 160 Å². The van der Waals surface area contributed by atoms with Gasteiger partial charge in [-0.1, -0.05) is 54.6 Å². The third kappa shape index (κ3) is 3.21. The van der Waals surface area contributed by atoms with Crippen LogP contribution in [0.2, 0.25) is 0 Å². The summed E-state index contributed by atoms with van der Waals surface area (Å²) in [4.78, 5) is 41.2. The number of amides is 1. The topological polar surface area (TPSA) is 79.0 Å². The monoisotopic (exact) mass is 368 g/mol. The van der Waals surface area contributed by atoms with Crippen molar-refractivity contribution >= 4 is 28.3 Å². The second-order valence-corrected chi connectivity index (χ2v) is 6.27. The molecule has 0 aliphatic heterocycles. The molecule has 0 bridgehead atoms. The molecule has 4 aromatic rings. The maximum absolute atomic E-state index is 12.8. The number of benzene rings is 3. The molecule has 0 spiro atoms. The number of carbonyl (C=O) groups excluding carboxylic acids is 2. The molecule has 136 valence electrons. The number of ketones is 1. The Kier molecular flexibility index (Phi) is 4.56. The number of anilines is 1. The standard InChI is InChI=1S/C23H16N2O3/c26-21(15-8-2-1-3-9-15)17-11-5-7-13-20(17)25-23(28)18-14-24-19-12-6-4-10-16(19)22(18)27/h1-14H,(H,24,27)(H,25,28). The third-order valence-electron chi connectivity index (χ3n) is 4.49. The zero-order valence-electron chi connectivity index (χ0n) is 14.8. The van der Waals surface area contributed by atoms with E-state index < -0.39 is 5.91 Å². The van der Waals surface area contributed by atoms with E-state index in [1.54, 1.807) is 66.7 Å². The van der Waals surface area contributed by atoms with E-state index >= 15 is 0 Å². The van der Waals surface area contributed by atoms with Crippen LogP contribution in [-0.2, 0) is 0 Å². The van der Waals surface area contributed by atoms with Crippen molar-refractivity contribution in [2.75, 3.05) is 5.32 Å². The number of hydrogen-bond donors (Lipinski definition) is 2. The summed E-state index contributed by atoms with van der Waals surface area (Å²) in [6, 6.07) is 22.6. The largest absolute Gasteiger partial charge is 0.360 e. The Balaban J connectivity index is 1.69. The fraction of sp³-hybridized carbons (Fsp3) is 0. The molecular weight excluding hydrogens is 352 g/mol. The average Bonchev–Trinajstić information content (AvgIpc) is 2.74. The van der Waals surface area contributed by atoms with Crippen LogP contribution in [0.15, 0.2) is 89.9 Å². The molecule has 5 nitrogen and oxygen atoms in total. The maximum atomic E-state index is 12.8. The predicted octanol–water partition coefficient (Wildman–Crippen LogP) is 4.01. The second-order valence-electron chi connectivity index (χ2n) is 6.27. The molecule has 1 aromatic heterocycles. The van der Waals surface area contributed by atoms with Gasteiger partial charge < -0.3 is 10.3 Å². The first-order valence-electron chi connectivity index (χ1n) is 8.76. The highest BCUT2D eigenvalue weighted by Crippen LogP contribution is 2.20. The quantitative estimate of drug-likeness (QED) is 0.534. The number of fused-ring (bicyclic) bond motifs is 1. The molecular formula is C23H16N2O3. The van der Waals surface area contributed by atoms with Crippen molar-refractivity contribution in [3.63, 3.8) is 0 Å². The van der Waals surface area contributed by atoms with Gasteiger partial charge in [-0.05, 0) is 24.3 Å². The van der Waals surface area contributed by atoms with E-state index in [0.29, 0.717) is 27.7 Å². The summed E-state index contributed by atoms with van der Waals surface area (Å²) in [5.41, 5.74) is 1.52. The molecule has 0 fully saturated rings. The summed E-state index contributed by atoms with van der Waals surface area (Å²) in [7, 11) is 0. The van der Waals surface area contributed by atoms with Gasteiger partial charge in [0.15, 0.2) is 5.78 Å². The number of para-hydroxylation sites is 2. The van der Waals surface area contributed by atoms with Crippen LogP contribution in [0.3, 0.4) is 0 Å². The second kappa shape index (κ2) is 7.32. The first-order chi connectivity index (χ1) is 13.6. The van der Waals surface area contributed by atoms with E-state index in [2.05, 4.69) is 10.3 Å². The van der Waals surface area contributed by atoms with Crippen LogP contribution in [0.4, 0.5) is 5.69 Å². The third-order valence-corrected chi connectivity index (χ3v) is 4.49. The van der Waals surface area contributed by atoms with Gasteiger partial charge in [-0.3, -0.25) is 14.4 Å². The van der Waals surface area contributed by atoms with Crippen LogP contribution in [0.1, 0.15) is 26.3 Å². The molecule has 3 aromatic carbocycles. The SMILES string of the molecule is O=C(c1ccccc1)c1ccccc1NC(=O)c1c[nH]c2ccccc2c1=O. The van der Waals surface area contributed by atoms with Crippen molar-refractivity contribution in [2.24, 2.45) is 0 Å². The lowest BCUT2D eigenvalue weighted by Crippen LogP contribution is -2.23. The lowest BCUT2D eigenvalue weighted by molar-refractivity contribution is 0.102. The van der Waals surface area contributed by atoms with Gasteiger partial charge in [0.05, 0.1) is 5.69 Å². The van der Waals surface area contributed by atoms with Gasteiger partial charge in [0, 0.05) is 28.2 Å². The highest BCUT2D eigenvalue weighted by molar-refractivity contribution is 6.15. The van der Waals surface area contributed by atoms with Gasteiger partial charge >= 0.3 is 0 Å². The van der Waals surface area contributed by atoms with Gasteiger partial charge in [0.2, 0.25) is 5.43 Å². The Morgan fingerprint density at radius 3 is 2.25 bits per heavy atom. The lowest BCUT2D eigenvalue weighted by atomic mass is 10.0. The van der Waals surface area contributed by atoms with E-state index in [1.165, 1.54) is 6.20 Å². The van der Waals surface area contributed by atoms with Crippen molar-refractivity contribution in [3.05, 3.63) is 112 Å². The van der Waals surface area contributed by atoms with Gasteiger partial charge in [0.25, 0.3) is 5.91 Å². The van der Waals surface area contributed by atoms with Crippen LogP contribution >= 0.6 is 0 Å². The zero-order chi connectivity index (χ0) is 19.5. The molecule has 0 aliphatic rings. The molecule has 0 unspecified atom stereocenters. The highest BCUT2D eigenvalue weighted by atomic mass is 16.2. The summed E-state index contributed by atoms with van der Waals surface area (Å²) in [6.45, 7) is 0. The Hall–Kier alpha value is -3.99. The zero-order valence-corrected chi connectivity index (χ0v) is 14.8. The number of nitrogens with one attached hydrogen (secondary N) is 2. The molecule has 5 heteroatoms. The minimum absolute atomic E-state index is 0.0133. The smallest absolute Gasteiger partial charge is 0.261 e. The highest BCUT2D eigenvalue weighted by Gasteiger charge is 2.17. The van der Waals surface area contributed by atoms with Gasteiger partial charge in [-0.25, -0.2) is 0 Å². The summed E-state index contributed by atoms with van der Waals surface area (Å²) in [5, 5.41) is 3.14. The predicted molar refractivity (Wildman–Crippen MR) is 109 cm³/mol. The Bertz CT molecular complexity index is 1240. The van der Waals surface area contributed by atoms with E-state index in [0.717, 1.165) is 0 Å². The Morgan fingerprint density at radius 1 is 0.750 bits per heavy atom. The van der Waals surface area contributed by atoms with E-state index in [9.17, 15) is 14.4 Å². The van der Waals surface area contributed by atoms with Gasteiger partial charge in [0.1, 0.15) is 5.56 Å². The maximum Gasteiger partial charge on any atom is 0.261 e. The Morgan fingerprint density at radius 2 is 1.43 bits per heavy atom. The number of H-pyrrole nitrogens is 1. The number of hydrogen-bond acceptors (Lipinski definition) is 3. The average molecular weight is 368 g/mol. The van der Waals surface area contributed by atoms with Crippen molar-refractivity contribution in [2.45, 2.75) is 0 Å². The minimum atomic E-state index is -0.569. The van der Waals surface area contributed by atoms with E-state index in [4.69, 9.17) is 0 Å². The van der Waals surface area contributed by atoms with E-state index in [1.807, 2.05) is 12.1 Å². The molecule has 1 heterocycles. The number of pyridine rings is 1. The molecule has 0 saturated heterocycles. The van der Waals surface area contributed by atoms with Crippen molar-refractivity contribution in [3.8, 4) is 0 Å². The number of aromatic nitrogens is 1. The normalized spacial score (nSPS) is 10.6. The summed E-state index contributed by atoms with van der Waals surface area (Å²) >= 11 is 0. The van der Waals surface area contributed by atoms with Crippen LogP contribution in [0, 0.1) is 0 Å². The molecule has 2 N–H and O–H groups in total. The minimum Gasteiger partial charge on any atom is -0.360 e. The number of aromatic amines is 1. The summed E-state index contributed by atoms with van der Waals surface area (Å²) in [5.74, 6) is -0.774. The van der Waals surface area contributed by atoms with Crippen molar-refractivity contribution in [1.82, 2.24) is 4.98 Å².